The van der Waals surface area contributed by atoms with Crippen molar-refractivity contribution in [2.75, 3.05) is 13.1 Å². The molecule has 0 spiro atoms. The zero-order valence-corrected chi connectivity index (χ0v) is 14.2. The van der Waals surface area contributed by atoms with E-state index in [0.29, 0.717) is 31.7 Å². The van der Waals surface area contributed by atoms with Crippen LogP contribution in [0.4, 0.5) is 0 Å². The van der Waals surface area contributed by atoms with E-state index in [1.165, 1.54) is 0 Å². The minimum Gasteiger partial charge on any atom is -0.535 e. The van der Waals surface area contributed by atoms with Crippen LogP contribution in [-0.2, 0) is 6.42 Å². The van der Waals surface area contributed by atoms with E-state index < -0.39 is 13.1 Å². The lowest BCUT2D eigenvalue weighted by molar-refractivity contribution is 0.0586. The average Bonchev–Trinajstić information content (AvgIpc) is 3.13. The van der Waals surface area contributed by atoms with E-state index in [0.717, 1.165) is 5.56 Å². The number of amidine groups is 1. The highest BCUT2D eigenvalue weighted by atomic mass is 16.5. The van der Waals surface area contributed by atoms with Gasteiger partial charge in [0, 0.05) is 12.4 Å². The number of carbonyl (C=O) groups is 1. The highest BCUT2D eigenvalue weighted by Gasteiger charge is 2.35. The molecule has 11 heteroatoms. The quantitative estimate of drug-likeness (QED) is 0.199. The maximum atomic E-state index is 11.7. The summed E-state index contributed by atoms with van der Waals surface area (Å²) in [6.45, 7) is 0.805. The third-order valence-corrected chi connectivity index (χ3v) is 4.58. The standard InChI is InChI=1S/C16H17BN4O6/c22-16(23)12-11(2-1-9-3-4-17(24)27-13(9)12)26-10-7-21(8-10)15(20-25)14-18-5-6-19-14/h1-2,5-6,10,24-25H,3-4,7-8H2,(H,18,19)(H,22,23)/b20-15-. The van der Waals surface area contributed by atoms with Gasteiger partial charge in [-0.1, -0.05) is 11.2 Å². The Labute approximate surface area is 154 Å². The fourth-order valence-electron chi connectivity index (χ4n) is 3.23. The molecule has 1 fully saturated rings. The second kappa shape index (κ2) is 6.84. The normalized spacial score (nSPS) is 17.1. The van der Waals surface area contributed by atoms with Gasteiger partial charge >= 0.3 is 13.1 Å². The SMILES string of the molecule is O=C(O)c1c(OC2CN(/C(=N\O)c3ncc[nH]3)C2)ccc2c1OB(O)CC2. The third kappa shape index (κ3) is 3.17. The van der Waals surface area contributed by atoms with Crippen LogP contribution < -0.4 is 9.39 Å². The number of imidazole rings is 1. The van der Waals surface area contributed by atoms with E-state index in [-0.39, 0.29) is 29.0 Å². The van der Waals surface area contributed by atoms with Crippen LogP contribution in [0, 0.1) is 0 Å². The number of carboxylic acid groups (broad SMARTS) is 1. The predicted molar refractivity (Wildman–Crippen MR) is 93.4 cm³/mol. The minimum atomic E-state index is -1.18. The van der Waals surface area contributed by atoms with Crippen LogP contribution in [0.5, 0.6) is 11.5 Å². The van der Waals surface area contributed by atoms with Crippen LogP contribution in [0.3, 0.4) is 0 Å². The number of ether oxygens (including phenoxy) is 1. The average molecular weight is 372 g/mol. The van der Waals surface area contributed by atoms with Crippen molar-refractivity contribution in [2.24, 2.45) is 5.16 Å². The lowest BCUT2D eigenvalue weighted by Gasteiger charge is -2.40. The van der Waals surface area contributed by atoms with Crippen molar-refractivity contribution in [1.82, 2.24) is 14.9 Å². The number of oxime groups is 1. The Hall–Kier alpha value is -3.21. The van der Waals surface area contributed by atoms with Gasteiger partial charge in [-0.15, -0.1) is 0 Å². The minimum absolute atomic E-state index is 0.0909. The number of aromatic nitrogens is 2. The van der Waals surface area contributed by atoms with E-state index in [4.69, 9.17) is 9.39 Å². The lowest BCUT2D eigenvalue weighted by Crippen LogP contribution is -2.56. The maximum absolute atomic E-state index is 11.7. The first-order chi connectivity index (χ1) is 13.1. The van der Waals surface area contributed by atoms with Gasteiger partial charge in [0.2, 0.25) is 5.84 Å². The van der Waals surface area contributed by atoms with E-state index in [2.05, 4.69) is 15.1 Å². The molecule has 2 aliphatic rings. The van der Waals surface area contributed by atoms with Crippen molar-refractivity contribution in [1.29, 1.82) is 0 Å². The molecule has 0 amide bonds. The summed E-state index contributed by atoms with van der Waals surface area (Å²) in [7, 11) is -1.03. The zero-order chi connectivity index (χ0) is 19.0. The van der Waals surface area contributed by atoms with Crippen molar-refractivity contribution in [3.8, 4) is 11.5 Å². The smallest absolute Gasteiger partial charge is 0.522 e. The van der Waals surface area contributed by atoms with Crippen LogP contribution in [0.2, 0.25) is 6.32 Å². The third-order valence-electron chi connectivity index (χ3n) is 4.58. The summed E-state index contributed by atoms with van der Waals surface area (Å²) < 4.78 is 11.2. The molecule has 2 aromatic rings. The first-order valence-corrected chi connectivity index (χ1v) is 8.44. The number of hydrogen-bond donors (Lipinski definition) is 4. The monoisotopic (exact) mass is 372 g/mol. The Bertz CT molecular complexity index is 881. The van der Waals surface area contributed by atoms with Crippen LogP contribution in [0.25, 0.3) is 0 Å². The molecule has 0 atom stereocenters. The van der Waals surface area contributed by atoms with Crippen molar-refractivity contribution in [3.05, 3.63) is 41.5 Å². The molecule has 0 unspecified atom stereocenters. The molecule has 140 valence electrons. The summed E-state index contributed by atoms with van der Waals surface area (Å²) in [5.74, 6) is -0.127. The molecule has 2 aliphatic heterocycles. The number of hydrogen-bond acceptors (Lipinski definition) is 7. The van der Waals surface area contributed by atoms with Crippen molar-refractivity contribution >= 4 is 18.9 Å². The Morgan fingerprint density at radius 3 is 2.93 bits per heavy atom. The maximum Gasteiger partial charge on any atom is 0.522 e. The van der Waals surface area contributed by atoms with Crippen molar-refractivity contribution < 1.29 is 29.5 Å². The number of nitrogens with one attached hydrogen (secondary N) is 1. The van der Waals surface area contributed by atoms with Gasteiger partial charge in [-0.2, -0.15) is 0 Å². The van der Waals surface area contributed by atoms with Gasteiger partial charge in [-0.3, -0.25) is 0 Å². The number of aryl methyl sites for hydroxylation is 1. The molecule has 1 aromatic carbocycles. The number of aromatic carboxylic acids is 1. The van der Waals surface area contributed by atoms with Gasteiger partial charge in [0.05, 0.1) is 13.1 Å². The summed E-state index contributed by atoms with van der Waals surface area (Å²) in [5, 5.41) is 31.8. The van der Waals surface area contributed by atoms with Gasteiger partial charge < -0.3 is 34.6 Å². The second-order valence-corrected chi connectivity index (χ2v) is 6.35. The van der Waals surface area contributed by atoms with Crippen LogP contribution in [0.1, 0.15) is 21.7 Å². The highest BCUT2D eigenvalue weighted by molar-refractivity contribution is 6.44. The number of nitrogens with zero attached hydrogens (tertiary/aromatic N) is 3. The van der Waals surface area contributed by atoms with E-state index >= 15 is 0 Å². The molecule has 4 rings (SSSR count). The molecule has 0 bridgehead atoms. The van der Waals surface area contributed by atoms with Gasteiger partial charge in [0.25, 0.3) is 0 Å². The molecule has 0 saturated carbocycles. The van der Waals surface area contributed by atoms with Crippen molar-refractivity contribution in [2.45, 2.75) is 18.8 Å². The second-order valence-electron chi connectivity index (χ2n) is 6.35. The topological polar surface area (TPSA) is 140 Å². The molecule has 0 aliphatic carbocycles. The molecular formula is C16H17BN4O6. The molecule has 4 N–H and O–H groups in total. The first-order valence-electron chi connectivity index (χ1n) is 8.44. The molecule has 1 aromatic heterocycles. The number of benzene rings is 1. The molecule has 1 saturated heterocycles. The molecule has 27 heavy (non-hydrogen) atoms. The largest absolute Gasteiger partial charge is 0.535 e. The summed E-state index contributed by atoms with van der Waals surface area (Å²) in [6, 6.07) is 3.36. The molecule has 3 heterocycles. The summed E-state index contributed by atoms with van der Waals surface area (Å²) in [6.07, 6.45) is 3.83. The van der Waals surface area contributed by atoms with Crippen LogP contribution >= 0.6 is 0 Å². The molecular weight excluding hydrogens is 355 g/mol. The van der Waals surface area contributed by atoms with Gasteiger partial charge in [0.15, 0.2) is 5.82 Å². The Kier molecular flexibility index (Phi) is 4.36. The zero-order valence-electron chi connectivity index (χ0n) is 14.2. The highest BCUT2D eigenvalue weighted by Crippen LogP contribution is 2.37. The van der Waals surface area contributed by atoms with Crippen molar-refractivity contribution in [3.63, 3.8) is 0 Å². The number of H-pyrrole nitrogens is 1. The van der Waals surface area contributed by atoms with Gasteiger partial charge in [0.1, 0.15) is 23.2 Å². The Morgan fingerprint density at radius 1 is 1.44 bits per heavy atom. The fourth-order valence-corrected chi connectivity index (χ4v) is 3.23. The Morgan fingerprint density at radius 2 is 2.26 bits per heavy atom. The number of likely N-dealkylation sites (tertiary alicyclic amines) is 1. The summed E-state index contributed by atoms with van der Waals surface area (Å²) >= 11 is 0. The number of fused-ring (bicyclic) bond motifs is 1. The van der Waals surface area contributed by atoms with Crippen LogP contribution in [-0.4, -0.2) is 68.3 Å². The lowest BCUT2D eigenvalue weighted by atomic mass is 9.78. The Balaban J connectivity index is 1.50. The van der Waals surface area contributed by atoms with Gasteiger partial charge in [-0.05, 0) is 24.4 Å². The molecule has 0 radical (unpaired) electrons. The predicted octanol–water partition coefficient (Wildman–Crippen LogP) is 0.422. The summed E-state index contributed by atoms with van der Waals surface area (Å²) in [5.41, 5.74) is 0.639. The molecule has 10 nitrogen and oxygen atoms in total. The number of carboxylic acids is 1. The van der Waals surface area contributed by atoms with E-state index in [1.807, 2.05) is 0 Å². The fraction of sp³-hybridized carbons (Fsp3) is 0.312. The van der Waals surface area contributed by atoms with E-state index in [9.17, 15) is 20.1 Å². The van der Waals surface area contributed by atoms with Gasteiger partial charge in [-0.25, -0.2) is 9.78 Å². The summed E-state index contributed by atoms with van der Waals surface area (Å²) in [4.78, 5) is 20.4. The first kappa shape index (κ1) is 17.2. The van der Waals surface area contributed by atoms with E-state index in [1.54, 1.807) is 29.4 Å². The number of aromatic amines is 1. The number of rotatable bonds is 4. The van der Waals surface area contributed by atoms with Crippen LogP contribution in [0.15, 0.2) is 29.7 Å².